The van der Waals surface area contributed by atoms with Crippen molar-refractivity contribution in [1.29, 1.82) is 0 Å². The van der Waals surface area contributed by atoms with E-state index in [1.807, 2.05) is 0 Å². The first-order chi connectivity index (χ1) is 11.3. The van der Waals surface area contributed by atoms with Crippen molar-refractivity contribution in [3.05, 3.63) is 29.6 Å². The third-order valence-corrected chi connectivity index (χ3v) is 5.34. The molecule has 1 heterocycles. The number of halogens is 1. The third kappa shape index (κ3) is 4.29. The first-order valence-electron chi connectivity index (χ1n) is 7.44. The molecule has 0 bridgehead atoms. The van der Waals surface area contributed by atoms with E-state index < -0.39 is 27.3 Å². The molecule has 0 saturated carbocycles. The van der Waals surface area contributed by atoms with Crippen molar-refractivity contribution in [3.63, 3.8) is 0 Å². The molecule has 0 aromatic heterocycles. The van der Waals surface area contributed by atoms with Crippen LogP contribution in [0.15, 0.2) is 23.1 Å². The number of esters is 1. The number of nitrogens with one attached hydrogen (secondary N) is 2. The largest absolute Gasteiger partial charge is 0.465 e. The molecular weight excluding hydrogens is 339 g/mol. The van der Waals surface area contributed by atoms with Crippen molar-refractivity contribution in [2.45, 2.75) is 23.3 Å². The monoisotopic (exact) mass is 360 g/mol. The molecule has 24 heavy (non-hydrogen) atoms. The minimum absolute atomic E-state index is 0.104. The molecular formula is C15H21FN2O5S. The number of rotatable bonds is 7. The summed E-state index contributed by atoms with van der Waals surface area (Å²) >= 11 is 0. The van der Waals surface area contributed by atoms with Gasteiger partial charge >= 0.3 is 5.97 Å². The summed E-state index contributed by atoms with van der Waals surface area (Å²) < 4.78 is 50.7. The van der Waals surface area contributed by atoms with Crippen LogP contribution in [0, 0.1) is 5.82 Å². The summed E-state index contributed by atoms with van der Waals surface area (Å²) in [6.45, 7) is 1.23. The standard InChI is InChI=1S/C15H21FN2O5S/c1-22-10-15(4-3-5-17-15)9-18-24(20,21)13-7-11(14(19)23-2)6-12(16)8-13/h6-8,17-18H,3-5,9-10H2,1-2H3. The summed E-state index contributed by atoms with van der Waals surface area (Å²) in [6, 6.07) is 2.87. The summed E-state index contributed by atoms with van der Waals surface area (Å²) in [5.41, 5.74) is -0.649. The average Bonchev–Trinajstić information content (AvgIpc) is 3.01. The van der Waals surface area contributed by atoms with Crippen molar-refractivity contribution in [2.75, 3.05) is 33.9 Å². The highest BCUT2D eigenvalue weighted by Crippen LogP contribution is 2.21. The SMILES string of the molecule is COCC1(CNS(=O)(=O)c2cc(F)cc(C(=O)OC)c2)CCCN1. The number of ether oxygens (including phenoxy) is 2. The van der Waals surface area contributed by atoms with Crippen molar-refractivity contribution in [2.24, 2.45) is 0 Å². The molecule has 1 aromatic rings. The molecule has 0 amide bonds. The Labute approximate surface area is 140 Å². The van der Waals surface area contributed by atoms with Gasteiger partial charge in [-0.3, -0.25) is 0 Å². The van der Waals surface area contributed by atoms with Crippen LogP contribution in [0.5, 0.6) is 0 Å². The van der Waals surface area contributed by atoms with Crippen LogP contribution in [0.4, 0.5) is 4.39 Å². The van der Waals surface area contributed by atoms with Crippen molar-refractivity contribution in [1.82, 2.24) is 10.0 Å². The number of carbonyl (C=O) groups is 1. The van der Waals surface area contributed by atoms with E-state index in [4.69, 9.17) is 4.74 Å². The lowest BCUT2D eigenvalue weighted by atomic mass is 9.99. The first kappa shape index (κ1) is 18.8. The molecule has 0 radical (unpaired) electrons. The Hall–Kier alpha value is -1.55. The first-order valence-corrected chi connectivity index (χ1v) is 8.93. The molecule has 2 rings (SSSR count). The lowest BCUT2D eigenvalue weighted by molar-refractivity contribution is 0.0600. The van der Waals surface area contributed by atoms with E-state index in [0.717, 1.165) is 44.7 Å². The number of benzene rings is 1. The van der Waals surface area contributed by atoms with E-state index in [-0.39, 0.29) is 17.0 Å². The van der Waals surface area contributed by atoms with Crippen LogP contribution in [0.1, 0.15) is 23.2 Å². The lowest BCUT2D eigenvalue weighted by Gasteiger charge is -2.28. The Morgan fingerprint density at radius 3 is 2.71 bits per heavy atom. The van der Waals surface area contributed by atoms with Crippen molar-refractivity contribution in [3.8, 4) is 0 Å². The lowest BCUT2D eigenvalue weighted by Crippen LogP contribution is -2.52. The molecule has 1 saturated heterocycles. The number of carbonyl (C=O) groups excluding carboxylic acids is 1. The van der Waals surface area contributed by atoms with Gasteiger partial charge in [-0.2, -0.15) is 0 Å². The van der Waals surface area contributed by atoms with E-state index >= 15 is 0 Å². The van der Waals surface area contributed by atoms with Crippen LogP contribution in [-0.4, -0.2) is 53.8 Å². The minimum atomic E-state index is -3.98. The fourth-order valence-corrected chi connectivity index (χ4v) is 3.92. The van der Waals surface area contributed by atoms with Crippen molar-refractivity contribution >= 4 is 16.0 Å². The highest BCUT2D eigenvalue weighted by atomic mass is 32.2. The molecule has 1 aromatic carbocycles. The molecule has 1 fully saturated rings. The van der Waals surface area contributed by atoms with Crippen LogP contribution in [0.2, 0.25) is 0 Å². The average molecular weight is 360 g/mol. The Kier molecular flexibility index (Phi) is 5.92. The second-order valence-electron chi connectivity index (χ2n) is 5.74. The van der Waals surface area contributed by atoms with Gasteiger partial charge in [0.1, 0.15) is 5.82 Å². The number of sulfonamides is 1. The maximum atomic E-state index is 13.7. The number of hydrogen-bond acceptors (Lipinski definition) is 6. The Morgan fingerprint density at radius 1 is 1.38 bits per heavy atom. The van der Waals surface area contributed by atoms with Gasteiger partial charge in [0.05, 0.1) is 29.7 Å². The van der Waals surface area contributed by atoms with Crippen LogP contribution >= 0.6 is 0 Å². The maximum Gasteiger partial charge on any atom is 0.337 e. The zero-order valence-corrected chi connectivity index (χ0v) is 14.4. The molecule has 134 valence electrons. The molecule has 1 unspecified atom stereocenters. The van der Waals surface area contributed by atoms with Crippen molar-refractivity contribution < 1.29 is 27.1 Å². The summed E-state index contributed by atoms with van der Waals surface area (Å²) in [5.74, 6) is -1.64. The van der Waals surface area contributed by atoms with Gasteiger partial charge in [-0.25, -0.2) is 22.3 Å². The van der Waals surface area contributed by atoms with E-state index in [1.165, 1.54) is 0 Å². The quantitative estimate of drug-likeness (QED) is 0.694. The fraction of sp³-hybridized carbons (Fsp3) is 0.533. The third-order valence-electron chi connectivity index (χ3n) is 3.96. The van der Waals surface area contributed by atoms with Gasteiger partial charge < -0.3 is 14.8 Å². The summed E-state index contributed by atoms with van der Waals surface area (Å²) in [5, 5.41) is 3.25. The van der Waals surface area contributed by atoms with Gasteiger partial charge in [-0.15, -0.1) is 0 Å². The minimum Gasteiger partial charge on any atom is -0.465 e. The van der Waals surface area contributed by atoms with Gasteiger partial charge in [0.2, 0.25) is 10.0 Å². The highest BCUT2D eigenvalue weighted by molar-refractivity contribution is 7.89. The second kappa shape index (κ2) is 7.56. The van der Waals surface area contributed by atoms with Crippen LogP contribution in [0.25, 0.3) is 0 Å². The molecule has 1 aliphatic rings. The number of methoxy groups -OCH3 is 2. The highest BCUT2D eigenvalue weighted by Gasteiger charge is 2.35. The molecule has 1 aliphatic heterocycles. The smallest absolute Gasteiger partial charge is 0.337 e. The van der Waals surface area contributed by atoms with Crippen LogP contribution in [-0.2, 0) is 19.5 Å². The zero-order valence-electron chi connectivity index (χ0n) is 13.6. The maximum absolute atomic E-state index is 13.7. The Morgan fingerprint density at radius 2 is 2.12 bits per heavy atom. The molecule has 2 N–H and O–H groups in total. The van der Waals surface area contributed by atoms with E-state index in [2.05, 4.69) is 14.8 Å². The van der Waals surface area contributed by atoms with Gasteiger partial charge in [0.15, 0.2) is 0 Å². The summed E-state index contributed by atoms with van der Waals surface area (Å²) in [6.07, 6.45) is 1.68. The molecule has 0 aliphatic carbocycles. The molecule has 1 atom stereocenters. The Balaban J connectivity index is 2.21. The van der Waals surface area contributed by atoms with E-state index in [9.17, 15) is 17.6 Å². The Bertz CT molecular complexity index is 702. The van der Waals surface area contributed by atoms with E-state index in [1.54, 1.807) is 7.11 Å². The fourth-order valence-electron chi connectivity index (χ4n) is 2.74. The van der Waals surface area contributed by atoms with Gasteiger partial charge in [0.25, 0.3) is 0 Å². The van der Waals surface area contributed by atoms with Gasteiger partial charge in [-0.05, 0) is 37.6 Å². The second-order valence-corrected chi connectivity index (χ2v) is 7.50. The van der Waals surface area contributed by atoms with Crippen LogP contribution in [0.3, 0.4) is 0 Å². The summed E-state index contributed by atoms with van der Waals surface area (Å²) in [4.78, 5) is 11.2. The molecule has 9 heteroatoms. The predicted molar refractivity (Wildman–Crippen MR) is 84.8 cm³/mol. The van der Waals surface area contributed by atoms with Gasteiger partial charge in [-0.1, -0.05) is 0 Å². The predicted octanol–water partition coefficient (Wildman–Crippen LogP) is 0.659. The molecule has 7 nitrogen and oxygen atoms in total. The molecule has 0 spiro atoms. The topological polar surface area (TPSA) is 93.7 Å². The van der Waals surface area contributed by atoms with Gasteiger partial charge in [0, 0.05) is 13.7 Å². The number of hydrogen-bond donors (Lipinski definition) is 2. The summed E-state index contributed by atoms with van der Waals surface area (Å²) in [7, 11) is -1.30. The van der Waals surface area contributed by atoms with Crippen LogP contribution < -0.4 is 10.0 Å². The zero-order chi connectivity index (χ0) is 17.8. The normalized spacial score (nSPS) is 21.0. The van der Waals surface area contributed by atoms with E-state index in [0.29, 0.717) is 6.61 Å².